The molecule has 0 aromatic rings. The Balaban J connectivity index is 2.15. The number of hydrogen-bond donors (Lipinski definition) is 0. The molecular formula is C7H8O3. The van der Waals surface area contributed by atoms with Crippen LogP contribution in [0.15, 0.2) is 12.2 Å². The molecule has 0 amide bonds. The van der Waals surface area contributed by atoms with Crippen molar-refractivity contribution in [2.75, 3.05) is 13.7 Å². The highest BCUT2D eigenvalue weighted by Gasteiger charge is 2.63. The van der Waals surface area contributed by atoms with Crippen LogP contribution in [0.25, 0.3) is 0 Å². The maximum Gasteiger partial charge on any atom is 0.192 e. The van der Waals surface area contributed by atoms with Crippen LogP contribution in [0.4, 0.5) is 0 Å². The van der Waals surface area contributed by atoms with Crippen LogP contribution in [0.5, 0.6) is 0 Å². The van der Waals surface area contributed by atoms with Gasteiger partial charge in [0.2, 0.25) is 0 Å². The molecule has 2 atom stereocenters. The zero-order valence-electron chi connectivity index (χ0n) is 5.66. The Hall–Kier alpha value is -0.670. The fourth-order valence-electron chi connectivity index (χ4n) is 1.30. The van der Waals surface area contributed by atoms with E-state index in [9.17, 15) is 4.79 Å². The van der Waals surface area contributed by atoms with Gasteiger partial charge in [0.15, 0.2) is 11.4 Å². The van der Waals surface area contributed by atoms with Gasteiger partial charge in [0.05, 0.1) is 6.61 Å². The van der Waals surface area contributed by atoms with Crippen molar-refractivity contribution in [2.45, 2.75) is 11.7 Å². The third-order valence-electron chi connectivity index (χ3n) is 1.94. The fourth-order valence-corrected chi connectivity index (χ4v) is 1.30. The molecule has 1 aliphatic carbocycles. The van der Waals surface area contributed by atoms with Crippen molar-refractivity contribution in [3.05, 3.63) is 12.2 Å². The molecule has 10 heavy (non-hydrogen) atoms. The van der Waals surface area contributed by atoms with Gasteiger partial charge in [0, 0.05) is 7.11 Å². The summed E-state index contributed by atoms with van der Waals surface area (Å²) in [5.41, 5.74) is -0.602. The van der Waals surface area contributed by atoms with Crippen molar-refractivity contribution in [2.24, 2.45) is 0 Å². The second-order valence-electron chi connectivity index (χ2n) is 2.58. The van der Waals surface area contributed by atoms with E-state index in [1.54, 1.807) is 19.3 Å². The first kappa shape index (κ1) is 6.07. The van der Waals surface area contributed by atoms with E-state index in [-0.39, 0.29) is 11.9 Å². The first-order valence-electron chi connectivity index (χ1n) is 3.19. The lowest BCUT2D eigenvalue weighted by atomic mass is 10.1. The molecule has 1 heterocycles. The summed E-state index contributed by atoms with van der Waals surface area (Å²) in [5, 5.41) is 0. The summed E-state index contributed by atoms with van der Waals surface area (Å²) in [5.74, 6) is 0.0411. The number of carbonyl (C=O) groups excluding carboxylic acids is 1. The van der Waals surface area contributed by atoms with Crippen molar-refractivity contribution in [3.63, 3.8) is 0 Å². The van der Waals surface area contributed by atoms with Crippen LogP contribution in [0.1, 0.15) is 0 Å². The number of carbonyl (C=O) groups is 1. The smallest absolute Gasteiger partial charge is 0.192 e. The number of methoxy groups -OCH3 is 1. The Morgan fingerprint density at radius 3 is 3.10 bits per heavy atom. The Kier molecular flexibility index (Phi) is 1.02. The molecule has 0 spiro atoms. The first-order valence-corrected chi connectivity index (χ1v) is 3.19. The molecule has 54 valence electrons. The van der Waals surface area contributed by atoms with E-state index in [2.05, 4.69) is 0 Å². The molecule has 2 aliphatic rings. The lowest BCUT2D eigenvalue weighted by Gasteiger charge is -2.02. The van der Waals surface area contributed by atoms with Gasteiger partial charge >= 0.3 is 0 Å². The van der Waals surface area contributed by atoms with Crippen molar-refractivity contribution >= 4 is 5.78 Å². The minimum absolute atomic E-state index is 0.0000463. The van der Waals surface area contributed by atoms with Gasteiger partial charge < -0.3 is 9.47 Å². The van der Waals surface area contributed by atoms with Crippen LogP contribution in [-0.2, 0) is 14.3 Å². The minimum atomic E-state index is -0.602. The van der Waals surface area contributed by atoms with Crippen molar-refractivity contribution in [3.8, 4) is 0 Å². The molecule has 0 saturated carbocycles. The molecule has 3 heteroatoms. The molecule has 1 aliphatic heterocycles. The maximum atomic E-state index is 11.0. The number of epoxide rings is 1. The summed E-state index contributed by atoms with van der Waals surface area (Å²) < 4.78 is 9.99. The normalized spacial score (nSPS) is 42.1. The second-order valence-corrected chi connectivity index (χ2v) is 2.58. The standard InChI is InChI=1S/C7H8O3/c1-9-4-7-5(8)2-3-6(7)10-7/h2-3,6H,4H2,1H3/t6-,7+/m1/s1. The summed E-state index contributed by atoms with van der Waals surface area (Å²) >= 11 is 0. The van der Waals surface area contributed by atoms with Crippen LogP contribution >= 0.6 is 0 Å². The molecule has 3 nitrogen and oxygen atoms in total. The van der Waals surface area contributed by atoms with Gasteiger partial charge in [-0.05, 0) is 12.2 Å². The third kappa shape index (κ3) is 0.540. The molecule has 0 N–H and O–H groups in total. The minimum Gasteiger partial charge on any atom is -0.381 e. The van der Waals surface area contributed by atoms with Gasteiger partial charge in [0.25, 0.3) is 0 Å². The topological polar surface area (TPSA) is 38.8 Å². The predicted octanol–water partition coefficient (Wildman–Crippen LogP) is -0.0907. The third-order valence-corrected chi connectivity index (χ3v) is 1.94. The average Bonchev–Trinajstić information content (AvgIpc) is 2.53. The Morgan fingerprint density at radius 2 is 2.70 bits per heavy atom. The number of fused-ring (bicyclic) bond motifs is 1. The summed E-state index contributed by atoms with van der Waals surface area (Å²) in [6.07, 6.45) is 3.34. The van der Waals surface area contributed by atoms with Gasteiger partial charge in [-0.2, -0.15) is 0 Å². The van der Waals surface area contributed by atoms with E-state index >= 15 is 0 Å². The van der Waals surface area contributed by atoms with Crippen LogP contribution in [-0.4, -0.2) is 31.2 Å². The predicted molar refractivity (Wildman–Crippen MR) is 33.6 cm³/mol. The van der Waals surface area contributed by atoms with Crippen molar-refractivity contribution < 1.29 is 14.3 Å². The van der Waals surface area contributed by atoms with Gasteiger partial charge in [-0.15, -0.1) is 0 Å². The molecule has 2 rings (SSSR count). The molecule has 1 saturated heterocycles. The van der Waals surface area contributed by atoms with E-state index in [0.717, 1.165) is 0 Å². The number of rotatable bonds is 2. The van der Waals surface area contributed by atoms with Gasteiger partial charge in [-0.3, -0.25) is 4.79 Å². The van der Waals surface area contributed by atoms with E-state index in [0.29, 0.717) is 6.61 Å². The summed E-state index contributed by atoms with van der Waals surface area (Å²) in [6.45, 7) is 0.378. The maximum absolute atomic E-state index is 11.0. The van der Waals surface area contributed by atoms with E-state index < -0.39 is 5.60 Å². The zero-order valence-corrected chi connectivity index (χ0v) is 5.66. The van der Waals surface area contributed by atoms with Gasteiger partial charge in [0.1, 0.15) is 6.10 Å². The zero-order chi connectivity index (χ0) is 7.19. The molecule has 0 bridgehead atoms. The van der Waals surface area contributed by atoms with Crippen LogP contribution in [0, 0.1) is 0 Å². The quantitative estimate of drug-likeness (QED) is 0.503. The molecule has 0 aromatic heterocycles. The summed E-state index contributed by atoms with van der Waals surface area (Å²) in [6, 6.07) is 0. The second kappa shape index (κ2) is 1.68. The van der Waals surface area contributed by atoms with Crippen LogP contribution < -0.4 is 0 Å². The monoisotopic (exact) mass is 140 g/mol. The number of hydrogen-bond acceptors (Lipinski definition) is 3. The van der Waals surface area contributed by atoms with Crippen molar-refractivity contribution in [1.82, 2.24) is 0 Å². The fraction of sp³-hybridized carbons (Fsp3) is 0.571. The lowest BCUT2D eigenvalue weighted by molar-refractivity contribution is -0.121. The van der Waals surface area contributed by atoms with E-state index in [1.165, 1.54) is 0 Å². The van der Waals surface area contributed by atoms with E-state index in [4.69, 9.17) is 9.47 Å². The van der Waals surface area contributed by atoms with Gasteiger partial charge in [-0.25, -0.2) is 0 Å². The molecular weight excluding hydrogens is 132 g/mol. The first-order chi connectivity index (χ1) is 4.79. The van der Waals surface area contributed by atoms with Gasteiger partial charge in [-0.1, -0.05) is 0 Å². The Bertz CT molecular complexity index is 209. The molecule has 1 fully saturated rings. The van der Waals surface area contributed by atoms with Crippen LogP contribution in [0.2, 0.25) is 0 Å². The molecule has 0 unspecified atom stereocenters. The van der Waals surface area contributed by atoms with Crippen molar-refractivity contribution in [1.29, 1.82) is 0 Å². The summed E-state index contributed by atoms with van der Waals surface area (Å²) in [4.78, 5) is 11.0. The number of ketones is 1. The highest BCUT2D eigenvalue weighted by atomic mass is 16.6. The SMILES string of the molecule is COC[C@@]12O[C@@H]1C=CC2=O. The highest BCUT2D eigenvalue weighted by Crippen LogP contribution is 2.43. The van der Waals surface area contributed by atoms with Crippen LogP contribution in [0.3, 0.4) is 0 Å². The largest absolute Gasteiger partial charge is 0.381 e. The summed E-state index contributed by atoms with van der Waals surface area (Å²) in [7, 11) is 1.57. The average molecular weight is 140 g/mol. The molecule has 0 radical (unpaired) electrons. The Labute approximate surface area is 58.6 Å². The molecule has 0 aromatic carbocycles. The Morgan fingerprint density at radius 1 is 1.90 bits per heavy atom. The number of ether oxygens (including phenoxy) is 2. The van der Waals surface area contributed by atoms with E-state index in [1.807, 2.05) is 0 Å². The highest BCUT2D eigenvalue weighted by molar-refractivity contribution is 6.03. The lowest BCUT2D eigenvalue weighted by Crippen LogP contribution is -2.27.